The molecule has 0 saturated heterocycles. The predicted molar refractivity (Wildman–Crippen MR) is 67.7 cm³/mol. The fraction of sp³-hybridized carbons (Fsp3) is 0.357. The van der Waals surface area contributed by atoms with Gasteiger partial charge in [0.15, 0.2) is 5.78 Å². The van der Waals surface area contributed by atoms with Crippen molar-refractivity contribution in [2.24, 2.45) is 0 Å². The molecule has 0 aliphatic carbocycles. The molecule has 0 aliphatic heterocycles. The molecule has 0 aliphatic rings. The first-order valence-electron chi connectivity index (χ1n) is 5.43. The van der Waals surface area contributed by atoms with Crippen LogP contribution in [-0.4, -0.2) is 17.9 Å². The largest absolute Gasteiger partial charge is 0.308 e. The molecule has 0 heterocycles. The van der Waals surface area contributed by atoms with Gasteiger partial charge in [0, 0.05) is 23.2 Å². The summed E-state index contributed by atoms with van der Waals surface area (Å²) in [6.07, 6.45) is 0. The lowest BCUT2D eigenvalue weighted by Crippen LogP contribution is -2.37. The summed E-state index contributed by atoms with van der Waals surface area (Å²) in [5, 5.41) is 3.25. The molecular weight excluding hydrogens is 198 g/mol. The maximum Gasteiger partial charge on any atom is 0.189 e. The number of Topliss-reactive ketones (excluding diaryl/α,β-unsaturated/α-hetero) is 1. The molecule has 1 aromatic carbocycles. The molecule has 1 N–H and O–H groups in total. The van der Waals surface area contributed by atoms with Gasteiger partial charge in [-0.1, -0.05) is 36.9 Å². The molecule has 0 unspecified atom stereocenters. The molecule has 2 nitrogen and oxygen atoms in total. The van der Waals surface area contributed by atoms with Gasteiger partial charge in [0.25, 0.3) is 0 Å². The topological polar surface area (TPSA) is 29.1 Å². The first-order valence-corrected chi connectivity index (χ1v) is 5.43. The molecular formula is C14H19NO. The zero-order chi connectivity index (χ0) is 12.2. The van der Waals surface area contributed by atoms with Crippen molar-refractivity contribution in [1.29, 1.82) is 0 Å². The molecule has 0 fully saturated rings. The van der Waals surface area contributed by atoms with Crippen molar-refractivity contribution in [2.75, 3.05) is 6.54 Å². The van der Waals surface area contributed by atoms with E-state index in [0.717, 1.165) is 0 Å². The van der Waals surface area contributed by atoms with Crippen LogP contribution in [-0.2, 0) is 0 Å². The number of carbonyl (C=O) groups is 1. The molecule has 0 bridgehead atoms. The third-order valence-electron chi connectivity index (χ3n) is 2.19. The van der Waals surface area contributed by atoms with Crippen molar-refractivity contribution >= 4 is 5.78 Å². The lowest BCUT2D eigenvalue weighted by Gasteiger charge is -2.20. The molecule has 0 aromatic heterocycles. The quantitative estimate of drug-likeness (QED) is 0.620. The number of hydrogen-bond donors (Lipinski definition) is 1. The predicted octanol–water partition coefficient (Wildman–Crippen LogP) is 2.81. The van der Waals surface area contributed by atoms with Crippen LogP contribution >= 0.6 is 0 Å². The summed E-state index contributed by atoms with van der Waals surface area (Å²) < 4.78 is 0. The average molecular weight is 217 g/mol. The average Bonchev–Trinajstić information content (AvgIpc) is 2.25. The number of ketones is 1. The Balaban J connectivity index is 2.59. The Labute approximate surface area is 97.4 Å². The van der Waals surface area contributed by atoms with E-state index in [0.29, 0.717) is 17.7 Å². The molecule has 0 spiro atoms. The lowest BCUT2D eigenvalue weighted by atomic mass is 10.0. The van der Waals surface area contributed by atoms with Crippen molar-refractivity contribution in [2.45, 2.75) is 26.3 Å². The number of rotatable bonds is 4. The Kier molecular flexibility index (Phi) is 4.02. The van der Waals surface area contributed by atoms with E-state index in [1.807, 2.05) is 30.3 Å². The van der Waals surface area contributed by atoms with Crippen LogP contribution in [0, 0.1) is 0 Å². The molecule has 2 heteroatoms. The molecule has 1 rings (SSSR count). The summed E-state index contributed by atoms with van der Waals surface area (Å²) in [6.45, 7) is 10.5. The highest BCUT2D eigenvalue weighted by atomic mass is 16.1. The molecule has 16 heavy (non-hydrogen) atoms. The fourth-order valence-electron chi connectivity index (χ4n) is 1.25. The zero-order valence-corrected chi connectivity index (χ0v) is 10.2. The molecule has 0 amide bonds. The summed E-state index contributed by atoms with van der Waals surface area (Å²) >= 11 is 0. The number of hydrogen-bond acceptors (Lipinski definition) is 2. The Morgan fingerprint density at radius 2 is 1.81 bits per heavy atom. The van der Waals surface area contributed by atoms with Crippen LogP contribution in [0.25, 0.3) is 0 Å². The third kappa shape index (κ3) is 3.99. The first-order chi connectivity index (χ1) is 7.40. The monoisotopic (exact) mass is 217 g/mol. The normalized spacial score (nSPS) is 11.2. The molecule has 0 atom stereocenters. The van der Waals surface area contributed by atoms with Crippen LogP contribution in [0.1, 0.15) is 31.1 Å². The third-order valence-corrected chi connectivity index (χ3v) is 2.19. The SMILES string of the molecule is C=C(CNC(C)(C)C)C(=O)c1ccccc1. The Bertz CT molecular complexity index is 373. The summed E-state index contributed by atoms with van der Waals surface area (Å²) in [6, 6.07) is 9.23. The van der Waals surface area contributed by atoms with E-state index in [-0.39, 0.29) is 11.3 Å². The van der Waals surface area contributed by atoms with Gasteiger partial charge in [0.05, 0.1) is 0 Å². The molecule has 0 radical (unpaired) electrons. The maximum absolute atomic E-state index is 11.9. The van der Waals surface area contributed by atoms with E-state index in [4.69, 9.17) is 0 Å². The van der Waals surface area contributed by atoms with Gasteiger partial charge in [-0.2, -0.15) is 0 Å². The van der Waals surface area contributed by atoms with Gasteiger partial charge in [-0.3, -0.25) is 4.79 Å². The summed E-state index contributed by atoms with van der Waals surface area (Å²) in [5.41, 5.74) is 1.30. The highest BCUT2D eigenvalue weighted by Crippen LogP contribution is 2.07. The Morgan fingerprint density at radius 1 is 1.25 bits per heavy atom. The standard InChI is InChI=1S/C14H19NO/c1-11(10-15-14(2,3)4)13(16)12-8-6-5-7-9-12/h5-9,15H,1,10H2,2-4H3. The van der Waals surface area contributed by atoms with Gasteiger partial charge in [0.2, 0.25) is 0 Å². The van der Waals surface area contributed by atoms with Gasteiger partial charge < -0.3 is 5.32 Å². The Morgan fingerprint density at radius 3 is 2.31 bits per heavy atom. The minimum atomic E-state index is -0.0000914. The molecule has 86 valence electrons. The van der Waals surface area contributed by atoms with Crippen molar-refractivity contribution < 1.29 is 4.79 Å². The van der Waals surface area contributed by atoms with E-state index in [1.165, 1.54) is 0 Å². The van der Waals surface area contributed by atoms with Crippen molar-refractivity contribution in [1.82, 2.24) is 5.32 Å². The van der Waals surface area contributed by atoms with Crippen LogP contribution in [0.4, 0.5) is 0 Å². The van der Waals surface area contributed by atoms with E-state index in [2.05, 4.69) is 32.7 Å². The van der Waals surface area contributed by atoms with Crippen molar-refractivity contribution in [3.8, 4) is 0 Å². The van der Waals surface area contributed by atoms with E-state index in [9.17, 15) is 4.79 Å². The molecule has 1 aromatic rings. The highest BCUT2D eigenvalue weighted by Gasteiger charge is 2.13. The van der Waals surface area contributed by atoms with Crippen LogP contribution < -0.4 is 5.32 Å². The number of nitrogens with one attached hydrogen (secondary N) is 1. The smallest absolute Gasteiger partial charge is 0.189 e. The van der Waals surface area contributed by atoms with E-state index < -0.39 is 0 Å². The number of carbonyl (C=O) groups excluding carboxylic acids is 1. The second-order valence-corrected chi connectivity index (χ2v) is 4.90. The minimum Gasteiger partial charge on any atom is -0.308 e. The minimum absolute atomic E-state index is 0.0000914. The van der Waals surface area contributed by atoms with Crippen LogP contribution in [0.3, 0.4) is 0 Å². The first kappa shape index (κ1) is 12.7. The summed E-state index contributed by atoms with van der Waals surface area (Å²) in [5.74, 6) is 0.0114. The van der Waals surface area contributed by atoms with Crippen LogP contribution in [0.5, 0.6) is 0 Å². The van der Waals surface area contributed by atoms with E-state index >= 15 is 0 Å². The van der Waals surface area contributed by atoms with Crippen LogP contribution in [0.2, 0.25) is 0 Å². The maximum atomic E-state index is 11.9. The summed E-state index contributed by atoms with van der Waals surface area (Å²) in [4.78, 5) is 11.9. The highest BCUT2D eigenvalue weighted by molar-refractivity contribution is 6.08. The molecule has 0 saturated carbocycles. The van der Waals surface area contributed by atoms with Crippen molar-refractivity contribution in [3.05, 3.63) is 48.0 Å². The fourth-order valence-corrected chi connectivity index (χ4v) is 1.25. The van der Waals surface area contributed by atoms with Gasteiger partial charge in [-0.15, -0.1) is 0 Å². The van der Waals surface area contributed by atoms with Gasteiger partial charge in [0.1, 0.15) is 0 Å². The van der Waals surface area contributed by atoms with Gasteiger partial charge in [-0.25, -0.2) is 0 Å². The second-order valence-electron chi connectivity index (χ2n) is 4.90. The van der Waals surface area contributed by atoms with Gasteiger partial charge >= 0.3 is 0 Å². The second kappa shape index (κ2) is 5.08. The van der Waals surface area contributed by atoms with E-state index in [1.54, 1.807) is 0 Å². The summed E-state index contributed by atoms with van der Waals surface area (Å²) in [7, 11) is 0. The van der Waals surface area contributed by atoms with Gasteiger partial charge in [-0.05, 0) is 20.8 Å². The number of benzene rings is 1. The lowest BCUT2D eigenvalue weighted by molar-refractivity contribution is 0.103. The van der Waals surface area contributed by atoms with Crippen molar-refractivity contribution in [3.63, 3.8) is 0 Å². The van der Waals surface area contributed by atoms with Crippen LogP contribution in [0.15, 0.2) is 42.5 Å². The zero-order valence-electron chi connectivity index (χ0n) is 10.2. The Hall–Kier alpha value is -1.41.